The highest BCUT2D eigenvalue weighted by atomic mass is 19.3. The highest BCUT2D eigenvalue weighted by Crippen LogP contribution is 2.52. The Hall–Kier alpha value is -2.06. The lowest BCUT2D eigenvalue weighted by atomic mass is 9.86. The van der Waals surface area contributed by atoms with Crippen molar-refractivity contribution in [3.63, 3.8) is 0 Å². The molecule has 2 atom stereocenters. The summed E-state index contributed by atoms with van der Waals surface area (Å²) in [5.74, 6) is -7.28. The van der Waals surface area contributed by atoms with Crippen molar-refractivity contribution >= 4 is 0 Å². The van der Waals surface area contributed by atoms with Crippen LogP contribution in [0.3, 0.4) is 0 Å². The molecule has 1 fully saturated rings. The van der Waals surface area contributed by atoms with Gasteiger partial charge < -0.3 is 0 Å². The molecule has 2 nitrogen and oxygen atoms in total. The average Bonchev–Trinajstić information content (AvgIpc) is 2.54. The summed E-state index contributed by atoms with van der Waals surface area (Å²) in [6.07, 6.45) is 0. The van der Waals surface area contributed by atoms with Crippen LogP contribution in [0.1, 0.15) is 11.1 Å². The van der Waals surface area contributed by atoms with Gasteiger partial charge in [0.15, 0.2) is 0 Å². The average molecular weight is 346 g/mol. The van der Waals surface area contributed by atoms with Gasteiger partial charge in [0.1, 0.15) is 0 Å². The van der Waals surface area contributed by atoms with Gasteiger partial charge in [0.05, 0.1) is 0 Å². The van der Waals surface area contributed by atoms with E-state index in [1.165, 1.54) is 36.4 Å². The van der Waals surface area contributed by atoms with Crippen LogP contribution < -0.4 is 10.6 Å². The largest absolute Gasteiger partial charge is 0.382 e. The molecule has 24 heavy (non-hydrogen) atoms. The van der Waals surface area contributed by atoms with Crippen LogP contribution in [0.4, 0.5) is 26.3 Å². The molecule has 3 rings (SSSR count). The van der Waals surface area contributed by atoms with Gasteiger partial charge >= 0.3 is 12.1 Å². The van der Waals surface area contributed by atoms with Gasteiger partial charge in [0.25, 0.3) is 0 Å². The van der Waals surface area contributed by atoms with E-state index in [4.69, 9.17) is 0 Å². The van der Waals surface area contributed by atoms with E-state index in [2.05, 4.69) is 0 Å². The van der Waals surface area contributed by atoms with E-state index in [0.717, 1.165) is 34.9 Å². The first-order chi connectivity index (χ1) is 11.1. The Balaban J connectivity index is 2.23. The third-order valence-corrected chi connectivity index (χ3v) is 3.87. The number of halogens is 6. The molecule has 0 spiro atoms. The number of rotatable bonds is 2. The first kappa shape index (κ1) is 16.8. The minimum atomic E-state index is -5.01. The molecular weight excluding hydrogens is 334 g/mol. The molecule has 2 aromatic carbocycles. The van der Waals surface area contributed by atoms with Crippen molar-refractivity contribution in [2.24, 2.45) is 0 Å². The molecule has 2 aromatic rings. The summed E-state index contributed by atoms with van der Waals surface area (Å²) in [4.78, 5) is 0. The van der Waals surface area contributed by atoms with Gasteiger partial charge in [-0.15, -0.1) is 0 Å². The van der Waals surface area contributed by atoms with Gasteiger partial charge in [-0.05, 0) is 0 Å². The van der Waals surface area contributed by atoms with E-state index in [0.29, 0.717) is 0 Å². The maximum absolute atomic E-state index is 15.5. The number of hydrogen-bond donors (Lipinski definition) is 2. The Morgan fingerprint density at radius 1 is 0.500 bits per heavy atom. The highest BCUT2D eigenvalue weighted by molar-refractivity contribution is 5.35. The second-order valence-electron chi connectivity index (χ2n) is 5.45. The van der Waals surface area contributed by atoms with Crippen molar-refractivity contribution in [2.45, 2.75) is 23.7 Å². The second-order valence-corrected chi connectivity index (χ2v) is 5.45. The Labute approximate surface area is 133 Å². The quantitative estimate of drug-likeness (QED) is 0.634. The summed E-state index contributed by atoms with van der Waals surface area (Å²) in [6, 6.07) is 2.17. The predicted octanol–water partition coefficient (Wildman–Crippen LogP) is 4.01. The van der Waals surface area contributed by atoms with Crippen molar-refractivity contribution in [1.29, 1.82) is 0 Å². The predicted molar refractivity (Wildman–Crippen MR) is 74.6 cm³/mol. The monoisotopic (exact) mass is 346 g/mol. The summed E-state index contributed by atoms with van der Waals surface area (Å²) in [7, 11) is 0. The van der Waals surface area contributed by atoms with Gasteiger partial charge in [0.2, 0.25) is 11.6 Å². The standard InChI is InChI=1S/C16H12F6N2/c17-13(11-7-3-1-4-8-11)14(18,12-9-5-2-6-10-12)24-16(21,22)15(19,20)23-13/h1-10,23-24H. The zero-order valence-corrected chi connectivity index (χ0v) is 12.0. The zero-order chi connectivity index (χ0) is 17.6. The highest BCUT2D eigenvalue weighted by Gasteiger charge is 2.74. The Kier molecular flexibility index (Phi) is 3.65. The molecule has 0 saturated carbocycles. The molecule has 0 aliphatic carbocycles. The molecule has 2 unspecified atom stereocenters. The number of nitrogens with one attached hydrogen (secondary N) is 2. The summed E-state index contributed by atoms with van der Waals surface area (Å²) >= 11 is 0. The summed E-state index contributed by atoms with van der Waals surface area (Å²) < 4.78 is 85.8. The molecule has 0 bridgehead atoms. The molecule has 0 amide bonds. The van der Waals surface area contributed by atoms with E-state index in [1.807, 2.05) is 0 Å². The van der Waals surface area contributed by atoms with E-state index < -0.39 is 34.8 Å². The third kappa shape index (κ3) is 2.29. The minimum absolute atomic E-state index is 0.556. The minimum Gasteiger partial charge on any atom is -0.215 e. The molecule has 1 aliphatic rings. The van der Waals surface area contributed by atoms with Gasteiger partial charge in [-0.2, -0.15) is 17.6 Å². The Bertz CT molecular complexity index is 660. The van der Waals surface area contributed by atoms with Crippen LogP contribution in [0.25, 0.3) is 0 Å². The number of piperazine rings is 1. The molecule has 0 radical (unpaired) electrons. The maximum atomic E-state index is 15.5. The SMILES string of the molecule is FC1(F)NC(F)(c2ccccc2)C(F)(c2ccccc2)NC1(F)F. The molecule has 1 saturated heterocycles. The van der Waals surface area contributed by atoms with E-state index in [9.17, 15) is 17.6 Å². The second kappa shape index (κ2) is 5.22. The lowest BCUT2D eigenvalue weighted by molar-refractivity contribution is -0.339. The van der Waals surface area contributed by atoms with Crippen LogP contribution in [0.15, 0.2) is 60.7 Å². The van der Waals surface area contributed by atoms with Crippen molar-refractivity contribution in [1.82, 2.24) is 10.6 Å². The van der Waals surface area contributed by atoms with Crippen LogP contribution >= 0.6 is 0 Å². The maximum Gasteiger partial charge on any atom is 0.382 e. The van der Waals surface area contributed by atoms with Crippen LogP contribution in [-0.2, 0) is 11.6 Å². The lowest BCUT2D eigenvalue weighted by Gasteiger charge is -2.50. The van der Waals surface area contributed by atoms with Gasteiger partial charge in [-0.1, -0.05) is 60.7 Å². The van der Waals surface area contributed by atoms with Crippen LogP contribution in [-0.4, -0.2) is 12.1 Å². The first-order valence-electron chi connectivity index (χ1n) is 6.96. The van der Waals surface area contributed by atoms with Crippen molar-refractivity contribution in [2.75, 3.05) is 0 Å². The smallest absolute Gasteiger partial charge is 0.215 e. The molecule has 1 heterocycles. The van der Waals surface area contributed by atoms with Crippen molar-refractivity contribution < 1.29 is 26.3 Å². The van der Waals surface area contributed by atoms with Crippen LogP contribution in [0, 0.1) is 0 Å². The normalized spacial score (nSPS) is 31.6. The third-order valence-electron chi connectivity index (χ3n) is 3.87. The Morgan fingerprint density at radius 3 is 1.08 bits per heavy atom. The zero-order valence-electron chi connectivity index (χ0n) is 12.0. The number of hydrogen-bond acceptors (Lipinski definition) is 2. The van der Waals surface area contributed by atoms with Gasteiger partial charge in [-0.3, -0.25) is 0 Å². The molecule has 1 aliphatic heterocycles. The topological polar surface area (TPSA) is 24.1 Å². The summed E-state index contributed by atoms with van der Waals surface area (Å²) in [6.45, 7) is 0. The van der Waals surface area contributed by atoms with E-state index in [1.54, 1.807) is 0 Å². The Morgan fingerprint density at radius 2 is 0.792 bits per heavy atom. The molecule has 8 heteroatoms. The lowest BCUT2D eigenvalue weighted by Crippen LogP contribution is -2.79. The fraction of sp³-hybridized carbons (Fsp3) is 0.250. The van der Waals surface area contributed by atoms with E-state index >= 15 is 8.78 Å². The number of alkyl halides is 6. The first-order valence-corrected chi connectivity index (χ1v) is 6.96. The molecular formula is C16H12F6N2. The van der Waals surface area contributed by atoms with Gasteiger partial charge in [0, 0.05) is 11.1 Å². The van der Waals surface area contributed by atoms with Crippen molar-refractivity contribution in [3.8, 4) is 0 Å². The fourth-order valence-electron chi connectivity index (χ4n) is 2.64. The molecule has 0 aromatic heterocycles. The summed E-state index contributed by atoms with van der Waals surface area (Å²) in [5, 5.41) is 1.75. The number of benzene rings is 2. The van der Waals surface area contributed by atoms with Gasteiger partial charge in [-0.25, -0.2) is 19.4 Å². The fourth-order valence-corrected chi connectivity index (χ4v) is 2.64. The summed E-state index contributed by atoms with van der Waals surface area (Å²) in [5.41, 5.74) is -1.11. The van der Waals surface area contributed by atoms with Crippen LogP contribution in [0.2, 0.25) is 0 Å². The molecule has 128 valence electrons. The molecule has 2 N–H and O–H groups in total. The van der Waals surface area contributed by atoms with Crippen LogP contribution in [0.5, 0.6) is 0 Å². The van der Waals surface area contributed by atoms with E-state index in [-0.39, 0.29) is 0 Å². The van der Waals surface area contributed by atoms with Crippen molar-refractivity contribution in [3.05, 3.63) is 71.8 Å².